The quantitative estimate of drug-likeness (QED) is 0.810. The summed E-state index contributed by atoms with van der Waals surface area (Å²) >= 11 is 0. The Kier molecular flexibility index (Phi) is 3.61. The maximum absolute atomic E-state index is 11.5. The van der Waals surface area contributed by atoms with Crippen LogP contribution in [0.2, 0.25) is 0 Å². The van der Waals surface area contributed by atoms with E-state index in [9.17, 15) is 9.59 Å². The van der Waals surface area contributed by atoms with Crippen molar-refractivity contribution in [3.05, 3.63) is 35.4 Å². The summed E-state index contributed by atoms with van der Waals surface area (Å²) in [5.74, 6) is -0.392. The Hall–Kier alpha value is -1.64. The fourth-order valence-electron chi connectivity index (χ4n) is 1.31. The highest BCUT2D eigenvalue weighted by Crippen LogP contribution is 2.11. The first kappa shape index (κ1) is 11.4. The Labute approximate surface area is 89.3 Å². The first-order chi connectivity index (χ1) is 7.02. The second kappa shape index (κ2) is 4.73. The molecule has 0 heterocycles. The van der Waals surface area contributed by atoms with Crippen molar-refractivity contribution in [3.63, 3.8) is 0 Å². The highest BCUT2D eigenvalue weighted by atomic mass is 16.1. The maximum atomic E-state index is 11.5. The molecule has 0 aliphatic heterocycles. The molecule has 1 rings (SSSR count). The molecule has 0 saturated carbocycles. The summed E-state index contributed by atoms with van der Waals surface area (Å²) in [5.41, 5.74) is 6.36. The van der Waals surface area contributed by atoms with Gasteiger partial charge >= 0.3 is 0 Å². The van der Waals surface area contributed by atoms with Crippen molar-refractivity contribution in [1.29, 1.82) is 0 Å². The van der Waals surface area contributed by atoms with Crippen LogP contribution in [0.3, 0.4) is 0 Å². The van der Waals surface area contributed by atoms with Gasteiger partial charge in [0.1, 0.15) is 5.78 Å². The molecule has 0 saturated heterocycles. The zero-order chi connectivity index (χ0) is 11.4. The molecule has 80 valence electrons. The molecule has 2 N–H and O–H groups in total. The zero-order valence-electron chi connectivity index (χ0n) is 8.99. The molecule has 0 spiro atoms. The molecule has 0 bridgehead atoms. The Morgan fingerprint density at radius 1 is 1.27 bits per heavy atom. The molecule has 3 nitrogen and oxygen atoms in total. The SMILES string of the molecule is CC(C)C(=O)Cc1ccccc1C(N)=O. The summed E-state index contributed by atoms with van der Waals surface area (Å²) < 4.78 is 0. The molecule has 0 radical (unpaired) electrons. The van der Waals surface area contributed by atoms with Crippen LogP contribution in [0.4, 0.5) is 0 Å². The van der Waals surface area contributed by atoms with Crippen molar-refractivity contribution in [1.82, 2.24) is 0 Å². The second-order valence-electron chi connectivity index (χ2n) is 3.82. The van der Waals surface area contributed by atoms with E-state index >= 15 is 0 Å². The van der Waals surface area contributed by atoms with Gasteiger partial charge in [-0.2, -0.15) is 0 Å². The van der Waals surface area contributed by atoms with E-state index in [1.165, 1.54) is 0 Å². The number of primary amides is 1. The van der Waals surface area contributed by atoms with Gasteiger partial charge in [-0.25, -0.2) is 0 Å². The lowest BCUT2D eigenvalue weighted by atomic mass is 9.97. The lowest BCUT2D eigenvalue weighted by Crippen LogP contribution is -2.17. The number of carbonyl (C=O) groups is 2. The molecule has 3 heteroatoms. The predicted octanol–water partition coefficient (Wildman–Crippen LogP) is 1.55. The normalized spacial score (nSPS) is 10.3. The van der Waals surface area contributed by atoms with Crippen LogP contribution in [0.25, 0.3) is 0 Å². The summed E-state index contributed by atoms with van der Waals surface area (Å²) in [6, 6.07) is 6.95. The number of benzene rings is 1. The van der Waals surface area contributed by atoms with Gasteiger partial charge in [0.05, 0.1) is 0 Å². The molecule has 1 amide bonds. The van der Waals surface area contributed by atoms with E-state index in [0.717, 1.165) is 0 Å². The van der Waals surface area contributed by atoms with E-state index in [1.807, 2.05) is 13.8 Å². The molecule has 1 aromatic carbocycles. The fraction of sp³-hybridized carbons (Fsp3) is 0.333. The number of hydrogen-bond donors (Lipinski definition) is 1. The van der Waals surface area contributed by atoms with E-state index in [2.05, 4.69) is 0 Å². The van der Waals surface area contributed by atoms with E-state index in [-0.39, 0.29) is 18.1 Å². The smallest absolute Gasteiger partial charge is 0.248 e. The Balaban J connectivity index is 2.94. The lowest BCUT2D eigenvalue weighted by molar-refractivity contribution is -0.121. The minimum absolute atomic E-state index is 0.0223. The van der Waals surface area contributed by atoms with Crippen LogP contribution in [0.1, 0.15) is 29.8 Å². The van der Waals surface area contributed by atoms with Gasteiger partial charge < -0.3 is 5.73 Å². The van der Waals surface area contributed by atoms with Gasteiger partial charge in [-0.15, -0.1) is 0 Å². The maximum Gasteiger partial charge on any atom is 0.248 e. The van der Waals surface area contributed by atoms with Crippen LogP contribution >= 0.6 is 0 Å². The van der Waals surface area contributed by atoms with Crippen molar-refractivity contribution < 1.29 is 9.59 Å². The number of Topliss-reactive ketones (excluding diaryl/α,β-unsaturated/α-hetero) is 1. The van der Waals surface area contributed by atoms with Crippen molar-refractivity contribution >= 4 is 11.7 Å². The summed E-state index contributed by atoms with van der Waals surface area (Å²) in [6.07, 6.45) is 0.275. The Morgan fingerprint density at radius 3 is 2.40 bits per heavy atom. The summed E-state index contributed by atoms with van der Waals surface area (Å²) in [6.45, 7) is 3.68. The Bertz CT molecular complexity index is 383. The van der Waals surface area contributed by atoms with Crippen LogP contribution in [-0.2, 0) is 11.2 Å². The van der Waals surface area contributed by atoms with Gasteiger partial charge in [0, 0.05) is 17.9 Å². The van der Waals surface area contributed by atoms with Gasteiger partial charge in [0.25, 0.3) is 0 Å². The number of hydrogen-bond acceptors (Lipinski definition) is 2. The number of nitrogens with two attached hydrogens (primary N) is 1. The first-order valence-electron chi connectivity index (χ1n) is 4.92. The van der Waals surface area contributed by atoms with E-state index < -0.39 is 5.91 Å². The van der Waals surface area contributed by atoms with Gasteiger partial charge in [0.2, 0.25) is 5.91 Å². The van der Waals surface area contributed by atoms with Crippen LogP contribution in [0.5, 0.6) is 0 Å². The van der Waals surface area contributed by atoms with Gasteiger partial charge in [-0.05, 0) is 11.6 Å². The minimum Gasteiger partial charge on any atom is -0.366 e. The van der Waals surface area contributed by atoms with E-state index in [0.29, 0.717) is 11.1 Å². The number of carbonyl (C=O) groups excluding carboxylic acids is 2. The van der Waals surface area contributed by atoms with Crippen LogP contribution in [0.15, 0.2) is 24.3 Å². The number of ketones is 1. The van der Waals surface area contributed by atoms with E-state index in [1.54, 1.807) is 24.3 Å². The fourth-order valence-corrected chi connectivity index (χ4v) is 1.31. The molecule has 0 atom stereocenters. The third-order valence-corrected chi connectivity index (χ3v) is 2.29. The first-order valence-corrected chi connectivity index (χ1v) is 4.92. The van der Waals surface area contributed by atoms with Gasteiger partial charge in [-0.1, -0.05) is 32.0 Å². The molecule has 0 fully saturated rings. The standard InChI is InChI=1S/C12H15NO2/c1-8(2)11(14)7-9-5-3-4-6-10(9)12(13)15/h3-6,8H,7H2,1-2H3,(H2,13,15). The lowest BCUT2D eigenvalue weighted by Gasteiger charge is -2.07. The van der Waals surface area contributed by atoms with Crippen LogP contribution in [0, 0.1) is 5.92 Å². The van der Waals surface area contributed by atoms with Crippen molar-refractivity contribution in [2.24, 2.45) is 11.7 Å². The summed E-state index contributed by atoms with van der Waals surface area (Å²) in [7, 11) is 0. The van der Waals surface area contributed by atoms with E-state index in [4.69, 9.17) is 5.73 Å². The molecule has 0 unspecified atom stereocenters. The molecule has 1 aromatic rings. The average molecular weight is 205 g/mol. The number of amides is 1. The predicted molar refractivity (Wildman–Crippen MR) is 58.5 cm³/mol. The second-order valence-corrected chi connectivity index (χ2v) is 3.82. The topological polar surface area (TPSA) is 60.2 Å². The average Bonchev–Trinajstić information content (AvgIpc) is 2.18. The summed E-state index contributed by atoms with van der Waals surface area (Å²) in [5, 5.41) is 0. The molecule has 0 aromatic heterocycles. The molecule has 15 heavy (non-hydrogen) atoms. The van der Waals surface area contributed by atoms with Gasteiger partial charge in [0.15, 0.2) is 0 Å². The van der Waals surface area contributed by atoms with Crippen molar-refractivity contribution in [2.45, 2.75) is 20.3 Å². The third-order valence-electron chi connectivity index (χ3n) is 2.29. The summed E-state index contributed by atoms with van der Waals surface area (Å²) in [4.78, 5) is 22.6. The molecular weight excluding hydrogens is 190 g/mol. The highest BCUT2D eigenvalue weighted by Gasteiger charge is 2.13. The number of rotatable bonds is 4. The highest BCUT2D eigenvalue weighted by molar-refractivity contribution is 5.96. The minimum atomic E-state index is -0.484. The van der Waals surface area contributed by atoms with Crippen LogP contribution in [-0.4, -0.2) is 11.7 Å². The van der Waals surface area contributed by atoms with Crippen molar-refractivity contribution in [2.75, 3.05) is 0 Å². The van der Waals surface area contributed by atoms with Gasteiger partial charge in [-0.3, -0.25) is 9.59 Å². The van der Waals surface area contributed by atoms with Crippen LogP contribution < -0.4 is 5.73 Å². The third kappa shape index (κ3) is 2.91. The van der Waals surface area contributed by atoms with Crippen molar-refractivity contribution in [3.8, 4) is 0 Å². The Morgan fingerprint density at radius 2 is 1.87 bits per heavy atom. The molecule has 0 aliphatic rings. The largest absolute Gasteiger partial charge is 0.366 e. The molecule has 0 aliphatic carbocycles. The monoisotopic (exact) mass is 205 g/mol. The molecular formula is C12H15NO2. The zero-order valence-corrected chi connectivity index (χ0v) is 8.99.